The van der Waals surface area contributed by atoms with E-state index in [1.54, 1.807) is 17.1 Å². The minimum absolute atomic E-state index is 0.113. The lowest BCUT2D eigenvalue weighted by Crippen LogP contribution is -2.03. The number of hydrogen-bond donors (Lipinski definition) is 2. The van der Waals surface area contributed by atoms with E-state index in [-0.39, 0.29) is 5.69 Å². The molecule has 0 radical (unpaired) electrons. The van der Waals surface area contributed by atoms with Crippen molar-refractivity contribution in [2.45, 2.75) is 6.42 Å². The van der Waals surface area contributed by atoms with Crippen molar-refractivity contribution >= 4 is 34.2 Å². The number of hydrogen-bond acceptors (Lipinski definition) is 5. The van der Waals surface area contributed by atoms with Crippen LogP contribution in [-0.4, -0.2) is 34.6 Å². The van der Waals surface area contributed by atoms with Crippen LogP contribution in [0.2, 0.25) is 0 Å². The zero-order valence-corrected chi connectivity index (χ0v) is 9.45. The molecule has 78 valence electrons. The molecule has 0 aliphatic rings. The maximum absolute atomic E-state index is 10.5. The molecular formula is C8H12N2O2S2. The molecule has 1 aromatic rings. The van der Waals surface area contributed by atoms with Crippen LogP contribution < -0.4 is 5.32 Å². The summed E-state index contributed by atoms with van der Waals surface area (Å²) in [7, 11) is 0. The number of carbonyl (C=O) groups is 1. The molecular weight excluding hydrogens is 220 g/mol. The van der Waals surface area contributed by atoms with Crippen LogP contribution in [0.5, 0.6) is 0 Å². The molecule has 0 atom stereocenters. The number of aromatic nitrogens is 1. The van der Waals surface area contributed by atoms with Crippen LogP contribution in [0.25, 0.3) is 0 Å². The van der Waals surface area contributed by atoms with Gasteiger partial charge in [0.05, 0.1) is 0 Å². The fourth-order valence-corrected chi connectivity index (χ4v) is 2.01. The zero-order chi connectivity index (χ0) is 10.4. The largest absolute Gasteiger partial charge is 0.476 e. The third-order valence-corrected chi connectivity index (χ3v) is 3.02. The van der Waals surface area contributed by atoms with Crippen molar-refractivity contribution in [2.24, 2.45) is 0 Å². The van der Waals surface area contributed by atoms with E-state index in [4.69, 9.17) is 5.11 Å². The van der Waals surface area contributed by atoms with Gasteiger partial charge in [0.25, 0.3) is 0 Å². The van der Waals surface area contributed by atoms with E-state index in [0.29, 0.717) is 5.13 Å². The quantitative estimate of drug-likeness (QED) is 0.735. The standard InChI is InChI=1S/C8H12N2O2S2/c1-13-4-2-3-9-8-10-6(5-14-8)7(11)12/h5H,2-4H2,1H3,(H,9,10)(H,11,12). The van der Waals surface area contributed by atoms with Gasteiger partial charge >= 0.3 is 5.97 Å². The molecule has 0 bridgehead atoms. The summed E-state index contributed by atoms with van der Waals surface area (Å²) >= 11 is 3.12. The number of nitrogens with one attached hydrogen (secondary N) is 1. The molecule has 1 aromatic heterocycles. The Hall–Kier alpha value is -0.750. The molecule has 0 amide bonds. The minimum atomic E-state index is -0.974. The molecule has 1 rings (SSSR count). The maximum atomic E-state index is 10.5. The van der Waals surface area contributed by atoms with Crippen LogP contribution in [-0.2, 0) is 0 Å². The van der Waals surface area contributed by atoms with E-state index in [9.17, 15) is 4.79 Å². The lowest BCUT2D eigenvalue weighted by Gasteiger charge is -1.99. The number of carboxylic acids is 1. The second-order valence-corrected chi connectivity index (χ2v) is 4.46. The first-order valence-corrected chi connectivity index (χ1v) is 6.43. The Morgan fingerprint density at radius 2 is 2.57 bits per heavy atom. The van der Waals surface area contributed by atoms with Crippen molar-refractivity contribution in [1.29, 1.82) is 0 Å². The summed E-state index contributed by atoms with van der Waals surface area (Å²) in [5.74, 6) is 0.128. The smallest absolute Gasteiger partial charge is 0.355 e. The summed E-state index contributed by atoms with van der Waals surface area (Å²) in [6, 6.07) is 0. The Labute approximate surface area is 90.7 Å². The van der Waals surface area contributed by atoms with E-state index in [0.717, 1.165) is 18.7 Å². The Kier molecular flexibility index (Phi) is 4.75. The molecule has 6 heteroatoms. The van der Waals surface area contributed by atoms with Crippen LogP contribution in [0, 0.1) is 0 Å². The first kappa shape index (κ1) is 11.3. The van der Waals surface area contributed by atoms with Crippen molar-refractivity contribution in [1.82, 2.24) is 4.98 Å². The van der Waals surface area contributed by atoms with Crippen LogP contribution in [0.1, 0.15) is 16.9 Å². The summed E-state index contributed by atoms with van der Waals surface area (Å²) in [4.78, 5) is 14.4. The minimum Gasteiger partial charge on any atom is -0.476 e. The van der Waals surface area contributed by atoms with Crippen LogP contribution in [0.3, 0.4) is 0 Å². The molecule has 0 saturated heterocycles. The average Bonchev–Trinajstić information content (AvgIpc) is 2.61. The van der Waals surface area contributed by atoms with E-state index >= 15 is 0 Å². The van der Waals surface area contributed by atoms with Gasteiger partial charge in [0.1, 0.15) is 0 Å². The Bertz CT molecular complexity index is 301. The zero-order valence-electron chi connectivity index (χ0n) is 7.82. The summed E-state index contributed by atoms with van der Waals surface area (Å²) in [5.41, 5.74) is 0.113. The first-order chi connectivity index (χ1) is 6.74. The highest BCUT2D eigenvalue weighted by Gasteiger charge is 2.07. The molecule has 0 saturated carbocycles. The lowest BCUT2D eigenvalue weighted by molar-refractivity contribution is 0.0691. The van der Waals surface area contributed by atoms with E-state index in [1.807, 2.05) is 0 Å². The maximum Gasteiger partial charge on any atom is 0.355 e. The number of anilines is 1. The summed E-state index contributed by atoms with van der Waals surface area (Å²) in [6.45, 7) is 0.841. The molecule has 0 spiro atoms. The Morgan fingerprint density at radius 3 is 3.14 bits per heavy atom. The molecule has 0 aliphatic heterocycles. The molecule has 0 unspecified atom stereocenters. The van der Waals surface area contributed by atoms with Crippen LogP contribution in [0.15, 0.2) is 5.38 Å². The van der Waals surface area contributed by atoms with Gasteiger partial charge in [0, 0.05) is 11.9 Å². The predicted molar refractivity (Wildman–Crippen MR) is 60.6 cm³/mol. The number of carboxylic acid groups (broad SMARTS) is 1. The number of nitrogens with zero attached hydrogens (tertiary/aromatic N) is 1. The Balaban J connectivity index is 2.33. The van der Waals surface area contributed by atoms with Gasteiger partial charge in [-0.1, -0.05) is 0 Å². The number of thiazole rings is 1. The highest BCUT2D eigenvalue weighted by molar-refractivity contribution is 7.98. The normalized spacial score (nSPS) is 10.1. The molecule has 0 fully saturated rings. The second kappa shape index (κ2) is 5.87. The predicted octanol–water partition coefficient (Wildman–Crippen LogP) is 2.01. The van der Waals surface area contributed by atoms with Crippen LogP contribution >= 0.6 is 23.1 Å². The monoisotopic (exact) mass is 232 g/mol. The molecule has 2 N–H and O–H groups in total. The fraction of sp³-hybridized carbons (Fsp3) is 0.500. The van der Waals surface area contributed by atoms with Crippen molar-refractivity contribution in [3.8, 4) is 0 Å². The van der Waals surface area contributed by atoms with Gasteiger partial charge in [-0.25, -0.2) is 9.78 Å². The first-order valence-electron chi connectivity index (χ1n) is 4.15. The topological polar surface area (TPSA) is 62.2 Å². The lowest BCUT2D eigenvalue weighted by atomic mass is 10.5. The van der Waals surface area contributed by atoms with Gasteiger partial charge in [-0.3, -0.25) is 0 Å². The third kappa shape index (κ3) is 3.55. The van der Waals surface area contributed by atoms with Gasteiger partial charge in [-0.05, 0) is 18.4 Å². The summed E-state index contributed by atoms with van der Waals surface area (Å²) in [6.07, 6.45) is 3.12. The number of thioether (sulfide) groups is 1. The van der Waals surface area contributed by atoms with E-state index < -0.39 is 5.97 Å². The average molecular weight is 232 g/mol. The van der Waals surface area contributed by atoms with Crippen molar-refractivity contribution < 1.29 is 9.90 Å². The molecule has 14 heavy (non-hydrogen) atoms. The fourth-order valence-electron chi connectivity index (χ4n) is 0.865. The van der Waals surface area contributed by atoms with Crippen molar-refractivity contribution in [2.75, 3.05) is 23.9 Å². The van der Waals surface area contributed by atoms with E-state index in [1.165, 1.54) is 11.3 Å². The van der Waals surface area contributed by atoms with Crippen LogP contribution in [0.4, 0.5) is 5.13 Å². The molecule has 0 aromatic carbocycles. The van der Waals surface area contributed by atoms with Gasteiger partial charge in [0.2, 0.25) is 0 Å². The van der Waals surface area contributed by atoms with Gasteiger partial charge in [-0.2, -0.15) is 11.8 Å². The Morgan fingerprint density at radius 1 is 1.79 bits per heavy atom. The van der Waals surface area contributed by atoms with Crippen molar-refractivity contribution in [3.05, 3.63) is 11.1 Å². The highest BCUT2D eigenvalue weighted by atomic mass is 32.2. The molecule has 1 heterocycles. The molecule has 4 nitrogen and oxygen atoms in total. The highest BCUT2D eigenvalue weighted by Crippen LogP contribution is 2.15. The van der Waals surface area contributed by atoms with E-state index in [2.05, 4.69) is 16.6 Å². The van der Waals surface area contributed by atoms with Gasteiger partial charge < -0.3 is 10.4 Å². The summed E-state index contributed by atoms with van der Waals surface area (Å²) in [5, 5.41) is 13.9. The summed E-state index contributed by atoms with van der Waals surface area (Å²) < 4.78 is 0. The number of rotatable bonds is 6. The van der Waals surface area contributed by atoms with Gasteiger partial charge in [-0.15, -0.1) is 11.3 Å². The molecule has 0 aliphatic carbocycles. The SMILES string of the molecule is CSCCCNc1nc(C(=O)O)cs1. The third-order valence-electron chi connectivity index (χ3n) is 1.52. The van der Waals surface area contributed by atoms with Gasteiger partial charge in [0.15, 0.2) is 10.8 Å². The van der Waals surface area contributed by atoms with Crippen molar-refractivity contribution in [3.63, 3.8) is 0 Å². The second-order valence-electron chi connectivity index (χ2n) is 2.62. The number of aromatic carboxylic acids is 1.